The fourth-order valence-corrected chi connectivity index (χ4v) is 3.14. The van der Waals surface area contributed by atoms with Gasteiger partial charge >= 0.3 is 6.09 Å². The second kappa shape index (κ2) is 14.0. The third-order valence-corrected chi connectivity index (χ3v) is 4.70. The van der Waals surface area contributed by atoms with E-state index in [1.165, 1.54) is 5.69 Å². The minimum atomic E-state index is -0.505. The first-order valence-electron chi connectivity index (χ1n) is 10.8. The summed E-state index contributed by atoms with van der Waals surface area (Å²) < 4.78 is 5.19. The lowest BCUT2D eigenvalue weighted by molar-refractivity contribution is -0.130. The number of rotatable bonds is 7. The van der Waals surface area contributed by atoms with Gasteiger partial charge in [-0.05, 0) is 39.3 Å². The zero-order chi connectivity index (χ0) is 22.7. The van der Waals surface area contributed by atoms with Gasteiger partial charge in [0.25, 0.3) is 0 Å². The molecule has 9 nitrogen and oxygen atoms in total. The van der Waals surface area contributed by atoms with Gasteiger partial charge in [0.15, 0.2) is 5.96 Å². The fourth-order valence-electron chi connectivity index (χ4n) is 3.14. The Labute approximate surface area is 208 Å². The van der Waals surface area contributed by atoms with E-state index in [-0.39, 0.29) is 36.4 Å². The number of aliphatic imine (C=N–C) groups is 1. The summed E-state index contributed by atoms with van der Waals surface area (Å²) in [6.45, 7) is 9.84. The van der Waals surface area contributed by atoms with Crippen molar-refractivity contribution < 1.29 is 14.3 Å². The lowest BCUT2D eigenvalue weighted by atomic mass is 10.2. The summed E-state index contributed by atoms with van der Waals surface area (Å²) in [5, 5.41) is 8.92. The van der Waals surface area contributed by atoms with Gasteiger partial charge in [-0.3, -0.25) is 9.79 Å². The van der Waals surface area contributed by atoms with E-state index in [9.17, 15) is 9.59 Å². The highest BCUT2D eigenvalue weighted by Gasteiger charge is 2.21. The van der Waals surface area contributed by atoms with Crippen molar-refractivity contribution in [2.75, 3.05) is 57.8 Å². The molecule has 3 N–H and O–H groups in total. The molecule has 0 aliphatic carbocycles. The lowest BCUT2D eigenvalue weighted by Gasteiger charge is -2.36. The van der Waals surface area contributed by atoms with Crippen molar-refractivity contribution >= 4 is 47.6 Å². The highest BCUT2D eigenvalue weighted by molar-refractivity contribution is 14.0. The molecule has 0 aromatic heterocycles. The van der Waals surface area contributed by atoms with Crippen LogP contribution in [0.15, 0.2) is 35.3 Å². The number of para-hydroxylation sites is 1. The summed E-state index contributed by atoms with van der Waals surface area (Å²) in [6.07, 6.45) is 0.281. The first-order valence-corrected chi connectivity index (χ1v) is 10.8. The zero-order valence-corrected chi connectivity index (χ0v) is 21.8. The van der Waals surface area contributed by atoms with Gasteiger partial charge in [-0.25, -0.2) is 4.79 Å². The third kappa shape index (κ3) is 10.4. The van der Waals surface area contributed by atoms with E-state index < -0.39 is 11.7 Å². The monoisotopic (exact) mass is 560 g/mol. The van der Waals surface area contributed by atoms with Gasteiger partial charge in [-0.2, -0.15) is 0 Å². The number of alkyl carbamates (subject to hydrolysis) is 1. The van der Waals surface area contributed by atoms with Crippen molar-refractivity contribution in [3.8, 4) is 0 Å². The molecule has 10 heteroatoms. The minimum Gasteiger partial charge on any atom is -0.444 e. The first-order chi connectivity index (χ1) is 14.8. The minimum absolute atomic E-state index is 0. The number of nitrogens with one attached hydrogen (secondary N) is 3. The van der Waals surface area contributed by atoms with Crippen LogP contribution in [0.5, 0.6) is 0 Å². The Morgan fingerprint density at radius 1 is 1.00 bits per heavy atom. The topological polar surface area (TPSA) is 98.3 Å². The standard InChI is InChI=1S/C22H36N6O3.HI/c1-22(2,3)31-21(30)25-12-8-11-24-20(23-4)26-17-19(29)28-15-13-27(14-16-28)18-9-6-5-7-10-18;/h5-7,9-10H,8,11-17H2,1-4H3,(H,25,30)(H2,23,24,26);1H. The number of nitrogens with zero attached hydrogens (tertiary/aromatic N) is 3. The summed E-state index contributed by atoms with van der Waals surface area (Å²) in [5.41, 5.74) is 0.688. The normalized spacial score (nSPS) is 14.3. The number of hydrogen-bond donors (Lipinski definition) is 3. The molecule has 32 heavy (non-hydrogen) atoms. The average Bonchev–Trinajstić information content (AvgIpc) is 2.75. The van der Waals surface area contributed by atoms with Crippen LogP contribution in [0.2, 0.25) is 0 Å². The van der Waals surface area contributed by atoms with Crippen LogP contribution in [0, 0.1) is 0 Å². The summed E-state index contributed by atoms with van der Waals surface area (Å²) in [6, 6.07) is 10.3. The van der Waals surface area contributed by atoms with Gasteiger partial charge in [-0.1, -0.05) is 18.2 Å². The molecule has 0 bridgehead atoms. The molecule has 1 aliphatic heterocycles. The smallest absolute Gasteiger partial charge is 0.407 e. The van der Waals surface area contributed by atoms with Crippen molar-refractivity contribution in [2.45, 2.75) is 32.8 Å². The number of halogens is 1. The molecule has 2 amide bonds. The van der Waals surface area contributed by atoms with Crippen LogP contribution < -0.4 is 20.9 Å². The Kier molecular flexibility index (Phi) is 12.2. The van der Waals surface area contributed by atoms with Crippen molar-refractivity contribution in [2.24, 2.45) is 4.99 Å². The molecule has 1 aromatic rings. The molecule has 0 unspecified atom stereocenters. The molecule has 1 heterocycles. The van der Waals surface area contributed by atoms with E-state index in [1.54, 1.807) is 7.05 Å². The molecule has 1 aromatic carbocycles. The lowest BCUT2D eigenvalue weighted by Crippen LogP contribution is -2.52. The molecule has 180 valence electrons. The number of guanidine groups is 1. The maximum Gasteiger partial charge on any atom is 0.407 e. The zero-order valence-electron chi connectivity index (χ0n) is 19.5. The number of ether oxygens (including phenoxy) is 1. The van der Waals surface area contributed by atoms with E-state index in [1.807, 2.05) is 43.9 Å². The van der Waals surface area contributed by atoms with Crippen molar-refractivity contribution in [3.63, 3.8) is 0 Å². The average molecular weight is 560 g/mol. The Morgan fingerprint density at radius 3 is 2.22 bits per heavy atom. The number of carbonyl (C=O) groups is 2. The predicted octanol–water partition coefficient (Wildman–Crippen LogP) is 2.03. The van der Waals surface area contributed by atoms with Gasteiger partial charge in [0, 0.05) is 52.0 Å². The van der Waals surface area contributed by atoms with E-state index >= 15 is 0 Å². The number of carbonyl (C=O) groups excluding carboxylic acids is 2. The van der Waals surface area contributed by atoms with Gasteiger partial charge in [0.2, 0.25) is 5.91 Å². The Balaban J connectivity index is 0.00000512. The summed E-state index contributed by atoms with van der Waals surface area (Å²) in [5.74, 6) is 0.621. The molecule has 2 rings (SSSR count). The van der Waals surface area contributed by atoms with Crippen LogP contribution in [-0.4, -0.2) is 81.3 Å². The number of benzene rings is 1. The van der Waals surface area contributed by atoms with Gasteiger partial charge in [-0.15, -0.1) is 24.0 Å². The molecular weight excluding hydrogens is 523 g/mol. The van der Waals surface area contributed by atoms with Crippen LogP contribution in [0.4, 0.5) is 10.5 Å². The molecule has 1 fully saturated rings. The van der Waals surface area contributed by atoms with Crippen molar-refractivity contribution in [1.29, 1.82) is 0 Å². The Morgan fingerprint density at radius 2 is 1.62 bits per heavy atom. The second-order valence-corrected chi connectivity index (χ2v) is 8.34. The van der Waals surface area contributed by atoms with Gasteiger partial charge in [0.05, 0.1) is 6.54 Å². The third-order valence-electron chi connectivity index (χ3n) is 4.70. The first kappa shape index (κ1) is 27.8. The number of hydrogen-bond acceptors (Lipinski definition) is 5. The van der Waals surface area contributed by atoms with Crippen LogP contribution in [0.3, 0.4) is 0 Å². The van der Waals surface area contributed by atoms with E-state index in [0.29, 0.717) is 38.6 Å². The van der Waals surface area contributed by atoms with Crippen LogP contribution in [-0.2, 0) is 9.53 Å². The molecular formula is C22H37IN6O3. The maximum absolute atomic E-state index is 12.5. The van der Waals surface area contributed by atoms with Crippen molar-refractivity contribution in [1.82, 2.24) is 20.9 Å². The van der Waals surface area contributed by atoms with E-state index in [2.05, 4.69) is 38.0 Å². The largest absolute Gasteiger partial charge is 0.444 e. The number of amides is 2. The SMILES string of the molecule is CN=C(NCCCNC(=O)OC(C)(C)C)NCC(=O)N1CCN(c2ccccc2)CC1.I. The van der Waals surface area contributed by atoms with Crippen LogP contribution >= 0.6 is 24.0 Å². The van der Waals surface area contributed by atoms with Crippen LogP contribution in [0.25, 0.3) is 0 Å². The Hall–Kier alpha value is -2.24. The summed E-state index contributed by atoms with van der Waals surface area (Å²) in [7, 11) is 1.66. The number of piperazine rings is 1. The summed E-state index contributed by atoms with van der Waals surface area (Å²) in [4.78, 5) is 32.4. The van der Waals surface area contributed by atoms with Gasteiger partial charge in [0.1, 0.15) is 5.60 Å². The van der Waals surface area contributed by atoms with E-state index in [4.69, 9.17) is 4.74 Å². The molecule has 0 radical (unpaired) electrons. The van der Waals surface area contributed by atoms with Crippen LogP contribution in [0.1, 0.15) is 27.2 Å². The quantitative estimate of drug-likeness (QED) is 0.205. The second-order valence-electron chi connectivity index (χ2n) is 8.34. The molecule has 1 aliphatic rings. The molecule has 0 spiro atoms. The van der Waals surface area contributed by atoms with E-state index in [0.717, 1.165) is 13.1 Å². The highest BCUT2D eigenvalue weighted by atomic mass is 127. The molecule has 0 saturated carbocycles. The fraction of sp³-hybridized carbons (Fsp3) is 0.591. The Bertz CT molecular complexity index is 731. The van der Waals surface area contributed by atoms with Crippen molar-refractivity contribution in [3.05, 3.63) is 30.3 Å². The maximum atomic E-state index is 12.5. The van der Waals surface area contributed by atoms with Gasteiger partial charge < -0.3 is 30.5 Å². The predicted molar refractivity (Wildman–Crippen MR) is 139 cm³/mol. The highest BCUT2D eigenvalue weighted by Crippen LogP contribution is 2.15. The molecule has 1 saturated heterocycles. The summed E-state index contributed by atoms with van der Waals surface area (Å²) >= 11 is 0. The molecule has 0 atom stereocenters. The number of anilines is 1.